The summed E-state index contributed by atoms with van der Waals surface area (Å²) in [4.78, 5) is 13.3. The first-order valence-electron chi connectivity index (χ1n) is 23.2. The van der Waals surface area contributed by atoms with E-state index in [1.807, 2.05) is 182 Å². The van der Waals surface area contributed by atoms with E-state index in [0.717, 1.165) is 33.4 Å². The fourth-order valence-electron chi connectivity index (χ4n) is 8.46. The van der Waals surface area contributed by atoms with Crippen molar-refractivity contribution < 1.29 is 52.5 Å². The highest BCUT2D eigenvalue weighted by Gasteiger charge is 2.54. The molecule has 356 valence electrons. The summed E-state index contributed by atoms with van der Waals surface area (Å²) in [6, 6.07) is 57.9. The van der Waals surface area contributed by atoms with Gasteiger partial charge in [-0.1, -0.05) is 182 Å². The Bertz CT molecular complexity index is 2330. The highest BCUT2D eigenvalue weighted by atomic mass is 16.7. The molecule has 2 N–H and O–H groups in total. The highest BCUT2D eigenvalue weighted by Crippen LogP contribution is 2.35. The van der Waals surface area contributed by atoms with Crippen LogP contribution in [0.5, 0.6) is 0 Å². The van der Waals surface area contributed by atoms with E-state index in [9.17, 15) is 9.90 Å². The van der Waals surface area contributed by atoms with Crippen LogP contribution < -0.4 is 5.32 Å². The van der Waals surface area contributed by atoms with E-state index in [1.165, 1.54) is 6.92 Å². The van der Waals surface area contributed by atoms with Crippen molar-refractivity contribution in [2.75, 3.05) is 13.2 Å². The normalized spacial score (nSPS) is 24.9. The molecule has 6 aromatic rings. The molecule has 12 nitrogen and oxygen atoms in total. The van der Waals surface area contributed by atoms with E-state index in [4.69, 9.17) is 42.6 Å². The molecule has 0 saturated carbocycles. The van der Waals surface area contributed by atoms with E-state index in [-0.39, 0.29) is 45.5 Å². The fourth-order valence-corrected chi connectivity index (χ4v) is 8.46. The van der Waals surface area contributed by atoms with Gasteiger partial charge in [0.05, 0.1) is 52.9 Å². The predicted molar refractivity (Wildman–Crippen MR) is 254 cm³/mol. The number of ether oxygens (including phenoxy) is 9. The third-order valence-electron chi connectivity index (χ3n) is 11.8. The van der Waals surface area contributed by atoms with E-state index in [0.29, 0.717) is 13.2 Å². The number of carbonyl (C=O) groups is 1. The maximum Gasteiger partial charge on any atom is 0.217 e. The quantitative estimate of drug-likeness (QED) is 0.0647. The van der Waals surface area contributed by atoms with Crippen molar-refractivity contribution in [2.45, 2.75) is 108 Å². The van der Waals surface area contributed by atoms with Crippen LogP contribution in [-0.2, 0) is 87.1 Å². The Morgan fingerprint density at radius 2 is 0.765 bits per heavy atom. The maximum absolute atomic E-state index is 13.3. The second kappa shape index (κ2) is 25.7. The first kappa shape index (κ1) is 48.8. The van der Waals surface area contributed by atoms with E-state index in [1.54, 1.807) is 0 Å². The van der Waals surface area contributed by atoms with Gasteiger partial charge in [-0.2, -0.15) is 0 Å². The number of benzene rings is 6. The Morgan fingerprint density at radius 3 is 1.15 bits per heavy atom. The maximum atomic E-state index is 13.3. The number of hydrogen-bond donors (Lipinski definition) is 2. The van der Waals surface area contributed by atoms with Crippen LogP contribution in [0.4, 0.5) is 0 Å². The molecule has 10 atom stereocenters. The van der Waals surface area contributed by atoms with Crippen LogP contribution >= 0.6 is 0 Å². The van der Waals surface area contributed by atoms with Crippen LogP contribution in [0.1, 0.15) is 40.3 Å². The molecule has 12 heteroatoms. The molecule has 0 aliphatic carbocycles. The Kier molecular flexibility index (Phi) is 18.4. The molecular formula is C56H61NO11. The van der Waals surface area contributed by atoms with Gasteiger partial charge < -0.3 is 53.1 Å². The van der Waals surface area contributed by atoms with Gasteiger partial charge in [-0.3, -0.25) is 4.79 Å². The first-order valence-corrected chi connectivity index (χ1v) is 23.2. The zero-order valence-corrected chi connectivity index (χ0v) is 38.3. The van der Waals surface area contributed by atoms with E-state index >= 15 is 0 Å². The van der Waals surface area contributed by atoms with E-state index < -0.39 is 61.3 Å². The van der Waals surface area contributed by atoms with E-state index in [2.05, 4.69) is 5.32 Å². The van der Waals surface area contributed by atoms with Gasteiger partial charge in [0, 0.05) is 6.92 Å². The smallest absolute Gasteiger partial charge is 0.217 e. The number of carbonyl (C=O) groups excluding carboxylic acids is 1. The van der Waals surface area contributed by atoms with Gasteiger partial charge in [-0.25, -0.2) is 0 Å². The minimum absolute atomic E-state index is 0.0769. The van der Waals surface area contributed by atoms with Crippen LogP contribution in [0.25, 0.3) is 0 Å². The van der Waals surface area contributed by atoms with Crippen LogP contribution in [0.3, 0.4) is 0 Å². The van der Waals surface area contributed by atoms with Gasteiger partial charge in [-0.05, 0) is 33.4 Å². The number of rotatable bonds is 23. The second-order valence-corrected chi connectivity index (χ2v) is 17.0. The van der Waals surface area contributed by atoms with Gasteiger partial charge in [0.1, 0.15) is 48.8 Å². The monoisotopic (exact) mass is 923 g/mol. The summed E-state index contributed by atoms with van der Waals surface area (Å²) < 4.78 is 60.2. The molecular weight excluding hydrogens is 863 g/mol. The van der Waals surface area contributed by atoms with Crippen LogP contribution in [0.2, 0.25) is 0 Å². The predicted octanol–water partition coefficient (Wildman–Crippen LogP) is 8.09. The molecule has 68 heavy (non-hydrogen) atoms. The second-order valence-electron chi connectivity index (χ2n) is 17.0. The Labute approximate surface area is 399 Å². The summed E-state index contributed by atoms with van der Waals surface area (Å²) in [6.45, 7) is 3.00. The summed E-state index contributed by atoms with van der Waals surface area (Å²) in [7, 11) is 0. The van der Waals surface area contributed by atoms with Crippen molar-refractivity contribution in [1.29, 1.82) is 0 Å². The van der Waals surface area contributed by atoms with Gasteiger partial charge in [0.2, 0.25) is 5.91 Å². The number of nitrogens with one attached hydrogen (secondary N) is 1. The molecule has 0 aromatic heterocycles. The number of aliphatic hydroxyl groups is 1. The highest BCUT2D eigenvalue weighted by molar-refractivity contribution is 5.73. The number of amides is 1. The lowest BCUT2D eigenvalue weighted by Gasteiger charge is -2.49. The molecule has 2 aliphatic rings. The van der Waals surface area contributed by atoms with Gasteiger partial charge in [-0.15, -0.1) is 0 Å². The molecule has 1 amide bonds. The zero-order valence-electron chi connectivity index (χ0n) is 38.3. The summed E-state index contributed by atoms with van der Waals surface area (Å²) in [5.74, 6) is -0.349. The zero-order chi connectivity index (χ0) is 46.8. The molecule has 0 radical (unpaired) electrons. The van der Waals surface area contributed by atoms with Crippen LogP contribution in [0, 0.1) is 0 Å². The lowest BCUT2D eigenvalue weighted by atomic mass is 9.94. The van der Waals surface area contributed by atoms with Crippen LogP contribution in [-0.4, -0.2) is 85.6 Å². The summed E-state index contributed by atoms with van der Waals surface area (Å²) in [5, 5.41) is 15.3. The Morgan fingerprint density at radius 1 is 0.441 bits per heavy atom. The lowest BCUT2D eigenvalue weighted by molar-refractivity contribution is -0.362. The topological polar surface area (TPSA) is 132 Å². The molecule has 0 bridgehead atoms. The van der Waals surface area contributed by atoms with Gasteiger partial charge in [0.25, 0.3) is 0 Å². The van der Waals surface area contributed by atoms with Crippen molar-refractivity contribution in [2.24, 2.45) is 0 Å². The average molecular weight is 924 g/mol. The average Bonchev–Trinajstić information content (AvgIpc) is 3.37. The van der Waals surface area contributed by atoms with Crippen molar-refractivity contribution in [3.05, 3.63) is 215 Å². The van der Waals surface area contributed by atoms with Gasteiger partial charge >= 0.3 is 0 Å². The SMILES string of the molecule is CC(=O)N[C@H]1[C@H](O[C@@H]2[C@@H](OCc3ccccc3)[C@H](OCc3ccccc3)[C@@H](COCc3ccccc3)O[C@H]2O)O[C@H](COCc2ccccc2)[C@@H](OCc2ccccc2)[C@@H]1OCc1ccccc1. The standard InChI is InChI=1S/C56H61NO11/c1-40(58)57-49-52(64-36-45-28-16-6-17-29-45)50(62-34-43-24-12-4-13-25-43)48(39-61-33-42-22-10-3-11-23-42)67-56(49)68-54-53(65-37-46-30-18-7-19-31-46)51(63-35-44-26-14-5-15-27-44)47(66-55(54)59)38-60-32-41-20-8-2-9-21-41/h2-31,47-56,59H,32-39H2,1H3,(H,57,58)/t47-,48-,49-,50-,51-,52-,53+,54-,55-,56+/m1/s1. The molecule has 2 fully saturated rings. The Hall–Kier alpha value is -5.61. The summed E-state index contributed by atoms with van der Waals surface area (Å²) in [6.07, 6.45) is -8.95. The molecule has 0 spiro atoms. The number of aliphatic hydroxyl groups excluding tert-OH is 1. The van der Waals surface area contributed by atoms with Crippen molar-refractivity contribution in [1.82, 2.24) is 5.32 Å². The van der Waals surface area contributed by atoms with Crippen molar-refractivity contribution >= 4 is 5.91 Å². The summed E-state index contributed by atoms with van der Waals surface area (Å²) >= 11 is 0. The molecule has 6 aromatic carbocycles. The molecule has 2 saturated heterocycles. The molecule has 2 heterocycles. The van der Waals surface area contributed by atoms with Crippen molar-refractivity contribution in [3.63, 3.8) is 0 Å². The molecule has 2 aliphatic heterocycles. The molecule has 0 unspecified atom stereocenters. The molecule has 8 rings (SSSR count). The van der Waals surface area contributed by atoms with Crippen molar-refractivity contribution in [3.8, 4) is 0 Å². The first-order chi connectivity index (χ1) is 33.5. The Balaban J connectivity index is 1.13. The fraction of sp³-hybridized carbons (Fsp3) is 0.339. The van der Waals surface area contributed by atoms with Gasteiger partial charge in [0.15, 0.2) is 12.6 Å². The lowest BCUT2D eigenvalue weighted by Crippen LogP contribution is -2.68. The summed E-state index contributed by atoms with van der Waals surface area (Å²) in [5.41, 5.74) is 5.66. The third kappa shape index (κ3) is 14.2. The van der Waals surface area contributed by atoms with Crippen LogP contribution in [0.15, 0.2) is 182 Å². The minimum atomic E-state index is -1.55. The number of hydrogen-bond acceptors (Lipinski definition) is 11. The third-order valence-corrected chi connectivity index (χ3v) is 11.8. The largest absolute Gasteiger partial charge is 0.374 e. The minimum Gasteiger partial charge on any atom is -0.374 e.